The highest BCUT2D eigenvalue weighted by atomic mass is 16.1. The number of aromatic nitrogens is 1. The summed E-state index contributed by atoms with van der Waals surface area (Å²) in [6, 6.07) is 8.29. The number of Topliss-reactive ketones (excluding diaryl/α,β-unsaturated/α-hetero) is 1. The van der Waals surface area contributed by atoms with Crippen LogP contribution >= 0.6 is 0 Å². The Balaban J connectivity index is 2.06. The van der Waals surface area contributed by atoms with Gasteiger partial charge in [-0.3, -0.25) is 4.79 Å². The van der Waals surface area contributed by atoms with Gasteiger partial charge in [-0.15, -0.1) is 0 Å². The van der Waals surface area contributed by atoms with Crippen molar-refractivity contribution in [2.24, 2.45) is 13.0 Å². The maximum Gasteiger partial charge on any atom is 0.182 e. The van der Waals surface area contributed by atoms with Gasteiger partial charge in [-0.1, -0.05) is 37.5 Å². The number of ketones is 1. The zero-order chi connectivity index (χ0) is 13.4. The van der Waals surface area contributed by atoms with Gasteiger partial charge in [-0.05, 0) is 31.4 Å². The van der Waals surface area contributed by atoms with Gasteiger partial charge in [0.1, 0.15) is 0 Å². The molecule has 1 aliphatic rings. The Morgan fingerprint density at radius 1 is 1.16 bits per heavy atom. The lowest BCUT2D eigenvalue weighted by atomic mass is 9.84. The van der Waals surface area contributed by atoms with Gasteiger partial charge in [0.25, 0.3) is 0 Å². The summed E-state index contributed by atoms with van der Waals surface area (Å²) in [4.78, 5) is 12.8. The fraction of sp³-hybridized carbons (Fsp3) is 0.471. The summed E-state index contributed by atoms with van der Waals surface area (Å²) in [7, 11) is 2.02. The van der Waals surface area contributed by atoms with Gasteiger partial charge in [0, 0.05) is 23.9 Å². The van der Waals surface area contributed by atoms with Crippen LogP contribution in [-0.2, 0) is 7.05 Å². The molecule has 19 heavy (non-hydrogen) atoms. The molecule has 1 saturated carbocycles. The summed E-state index contributed by atoms with van der Waals surface area (Å²) in [5.41, 5.74) is 3.24. The second kappa shape index (κ2) is 4.84. The number of aryl methyl sites for hydroxylation is 2. The summed E-state index contributed by atoms with van der Waals surface area (Å²) in [5.74, 6) is 0.603. The Kier molecular flexibility index (Phi) is 3.17. The first-order valence-corrected chi connectivity index (χ1v) is 7.28. The fourth-order valence-electron chi connectivity index (χ4n) is 3.49. The van der Waals surface area contributed by atoms with E-state index < -0.39 is 0 Å². The van der Waals surface area contributed by atoms with Gasteiger partial charge in [0.15, 0.2) is 5.78 Å². The van der Waals surface area contributed by atoms with Gasteiger partial charge >= 0.3 is 0 Å². The predicted octanol–water partition coefficient (Wildman–Crippen LogP) is 4.25. The SMILES string of the molecule is Cc1c(C(=O)C2CCCCC2)n(C)c2ccccc12. The maximum absolute atomic E-state index is 12.8. The normalized spacial score (nSPS) is 16.9. The first-order chi connectivity index (χ1) is 9.20. The molecule has 2 aromatic rings. The van der Waals surface area contributed by atoms with E-state index in [1.54, 1.807) is 0 Å². The minimum Gasteiger partial charge on any atom is -0.341 e. The number of nitrogens with zero attached hydrogens (tertiary/aromatic N) is 1. The van der Waals surface area contributed by atoms with E-state index in [1.807, 2.05) is 19.2 Å². The number of carbonyl (C=O) groups is 1. The monoisotopic (exact) mass is 255 g/mol. The summed E-state index contributed by atoms with van der Waals surface area (Å²) < 4.78 is 2.08. The van der Waals surface area contributed by atoms with E-state index in [0.717, 1.165) is 24.1 Å². The zero-order valence-corrected chi connectivity index (χ0v) is 11.8. The molecule has 0 aliphatic heterocycles. The highest BCUT2D eigenvalue weighted by Crippen LogP contribution is 2.31. The fourth-order valence-corrected chi connectivity index (χ4v) is 3.49. The van der Waals surface area contributed by atoms with Crippen LogP contribution in [0.1, 0.15) is 48.2 Å². The molecular weight excluding hydrogens is 234 g/mol. The first-order valence-electron chi connectivity index (χ1n) is 7.28. The van der Waals surface area contributed by atoms with Gasteiger partial charge in [0.05, 0.1) is 5.69 Å². The van der Waals surface area contributed by atoms with Crippen molar-refractivity contribution in [2.75, 3.05) is 0 Å². The van der Waals surface area contributed by atoms with Gasteiger partial charge < -0.3 is 4.57 Å². The number of hydrogen-bond acceptors (Lipinski definition) is 1. The van der Waals surface area contributed by atoms with E-state index >= 15 is 0 Å². The van der Waals surface area contributed by atoms with Gasteiger partial charge in [-0.25, -0.2) is 0 Å². The van der Waals surface area contributed by atoms with Crippen LogP contribution in [0, 0.1) is 12.8 Å². The lowest BCUT2D eigenvalue weighted by Crippen LogP contribution is -2.20. The standard InChI is InChI=1S/C17H21NO/c1-12-14-10-6-7-11-15(14)18(2)16(12)17(19)13-8-4-3-5-9-13/h6-7,10-11,13H,3-5,8-9H2,1-2H3. The molecule has 0 amide bonds. The number of benzene rings is 1. The Bertz CT molecular complexity index is 578. The molecule has 0 N–H and O–H groups in total. The third kappa shape index (κ3) is 1.99. The van der Waals surface area contributed by atoms with Crippen molar-refractivity contribution in [1.82, 2.24) is 4.57 Å². The van der Waals surface area contributed by atoms with Crippen LogP contribution in [0.2, 0.25) is 0 Å². The second-order valence-corrected chi connectivity index (χ2v) is 5.75. The Hall–Kier alpha value is -1.57. The summed E-state index contributed by atoms with van der Waals surface area (Å²) in [6.45, 7) is 2.08. The van der Waals surface area contributed by atoms with Crippen LogP contribution in [0.3, 0.4) is 0 Å². The van der Waals surface area contributed by atoms with Gasteiger partial charge in [-0.2, -0.15) is 0 Å². The van der Waals surface area contributed by atoms with Crippen LogP contribution in [0.4, 0.5) is 0 Å². The number of hydrogen-bond donors (Lipinski definition) is 0. The van der Waals surface area contributed by atoms with Crippen LogP contribution < -0.4 is 0 Å². The molecule has 100 valence electrons. The van der Waals surface area contributed by atoms with Crippen molar-refractivity contribution >= 4 is 16.7 Å². The van der Waals surface area contributed by atoms with Crippen LogP contribution in [0.5, 0.6) is 0 Å². The average Bonchev–Trinajstić information content (AvgIpc) is 2.72. The molecule has 1 aromatic carbocycles. The van der Waals surface area contributed by atoms with E-state index in [1.165, 1.54) is 30.2 Å². The summed E-state index contributed by atoms with van der Waals surface area (Å²) >= 11 is 0. The second-order valence-electron chi connectivity index (χ2n) is 5.75. The topological polar surface area (TPSA) is 22.0 Å². The first kappa shape index (κ1) is 12.5. The molecule has 2 heteroatoms. The predicted molar refractivity (Wildman–Crippen MR) is 78.6 cm³/mol. The third-order valence-electron chi connectivity index (χ3n) is 4.57. The molecular formula is C17H21NO. The van der Waals surface area contributed by atoms with Crippen LogP contribution in [0.15, 0.2) is 24.3 Å². The zero-order valence-electron chi connectivity index (χ0n) is 11.8. The molecule has 0 spiro atoms. The molecule has 1 aromatic heterocycles. The Morgan fingerprint density at radius 2 is 1.84 bits per heavy atom. The minimum atomic E-state index is 0.246. The van der Waals surface area contributed by atoms with Crippen molar-refractivity contribution in [1.29, 1.82) is 0 Å². The summed E-state index contributed by atoms with van der Waals surface area (Å²) in [6.07, 6.45) is 5.84. The van der Waals surface area contributed by atoms with E-state index in [4.69, 9.17) is 0 Å². The van der Waals surface area contributed by atoms with E-state index in [2.05, 4.69) is 23.6 Å². The van der Waals surface area contributed by atoms with Gasteiger partial charge in [0.2, 0.25) is 0 Å². The number of carbonyl (C=O) groups excluding carboxylic acids is 1. The molecule has 1 aliphatic carbocycles. The summed E-state index contributed by atoms with van der Waals surface area (Å²) in [5, 5.41) is 1.21. The molecule has 0 atom stereocenters. The quantitative estimate of drug-likeness (QED) is 0.735. The molecule has 0 bridgehead atoms. The largest absolute Gasteiger partial charge is 0.341 e. The van der Waals surface area contributed by atoms with E-state index in [9.17, 15) is 4.79 Å². The maximum atomic E-state index is 12.8. The molecule has 0 unspecified atom stereocenters. The number of rotatable bonds is 2. The van der Waals surface area contributed by atoms with Crippen molar-refractivity contribution < 1.29 is 4.79 Å². The molecule has 0 radical (unpaired) electrons. The van der Waals surface area contributed by atoms with Crippen molar-refractivity contribution in [3.8, 4) is 0 Å². The Morgan fingerprint density at radius 3 is 2.53 bits per heavy atom. The lowest BCUT2D eigenvalue weighted by molar-refractivity contribution is 0.0881. The molecule has 2 nitrogen and oxygen atoms in total. The molecule has 1 heterocycles. The van der Waals surface area contributed by atoms with Crippen molar-refractivity contribution in [3.63, 3.8) is 0 Å². The highest BCUT2D eigenvalue weighted by molar-refractivity contribution is 6.03. The number of fused-ring (bicyclic) bond motifs is 1. The third-order valence-corrected chi connectivity index (χ3v) is 4.57. The molecule has 0 saturated heterocycles. The number of para-hydroxylation sites is 1. The highest BCUT2D eigenvalue weighted by Gasteiger charge is 2.26. The minimum absolute atomic E-state index is 0.246. The molecule has 1 fully saturated rings. The van der Waals surface area contributed by atoms with Crippen molar-refractivity contribution in [3.05, 3.63) is 35.5 Å². The lowest BCUT2D eigenvalue weighted by Gasteiger charge is -2.21. The van der Waals surface area contributed by atoms with Crippen LogP contribution in [-0.4, -0.2) is 10.4 Å². The van der Waals surface area contributed by atoms with Crippen LogP contribution in [0.25, 0.3) is 10.9 Å². The average molecular weight is 255 g/mol. The van der Waals surface area contributed by atoms with E-state index in [-0.39, 0.29) is 5.92 Å². The smallest absolute Gasteiger partial charge is 0.182 e. The van der Waals surface area contributed by atoms with E-state index in [0.29, 0.717) is 5.78 Å². The van der Waals surface area contributed by atoms with Crippen molar-refractivity contribution in [2.45, 2.75) is 39.0 Å². The molecule has 3 rings (SSSR count). The Labute approximate surface area is 114 Å².